The topological polar surface area (TPSA) is 85.1 Å². The molecular weight excluding hydrogens is 338 g/mol. The second-order valence-corrected chi connectivity index (χ2v) is 8.85. The lowest BCUT2D eigenvalue weighted by atomic mass is 9.53. The van der Waals surface area contributed by atoms with Gasteiger partial charge >= 0.3 is 6.03 Å². The third-order valence-electron chi connectivity index (χ3n) is 5.81. The van der Waals surface area contributed by atoms with Crippen LogP contribution in [-0.4, -0.2) is 23.2 Å². The molecule has 7 heteroatoms. The zero-order valence-corrected chi connectivity index (χ0v) is 14.9. The Morgan fingerprint density at radius 1 is 1.16 bits per heavy atom. The van der Waals surface area contributed by atoms with Crippen molar-refractivity contribution in [3.8, 4) is 0 Å². The molecule has 0 aromatic carbocycles. The van der Waals surface area contributed by atoms with Crippen LogP contribution in [0.2, 0.25) is 0 Å². The minimum Gasteiger partial charge on any atom is -0.618 e. The molecule has 2 N–H and O–H groups in total. The molecule has 25 heavy (non-hydrogen) atoms. The lowest BCUT2D eigenvalue weighted by molar-refractivity contribution is -0.645. The van der Waals surface area contributed by atoms with Crippen molar-refractivity contribution in [3.05, 3.63) is 29.6 Å². The summed E-state index contributed by atoms with van der Waals surface area (Å²) in [5.74, 6) is 1.88. The third kappa shape index (κ3) is 3.61. The van der Waals surface area contributed by atoms with E-state index in [1.165, 1.54) is 25.5 Å². The van der Waals surface area contributed by atoms with Gasteiger partial charge in [0.15, 0.2) is 6.20 Å². The molecule has 1 aromatic heterocycles. The summed E-state index contributed by atoms with van der Waals surface area (Å²) in [7, 11) is 0. The minimum atomic E-state index is -0.393. The molecule has 5 rings (SSSR count). The van der Waals surface area contributed by atoms with E-state index < -0.39 is 6.03 Å². The Morgan fingerprint density at radius 2 is 1.80 bits per heavy atom. The predicted molar refractivity (Wildman–Crippen MR) is 93.7 cm³/mol. The average molecular weight is 361 g/mol. The van der Waals surface area contributed by atoms with Crippen molar-refractivity contribution in [2.75, 3.05) is 5.75 Å². The van der Waals surface area contributed by atoms with E-state index in [0.29, 0.717) is 9.76 Å². The monoisotopic (exact) mass is 361 g/mol. The van der Waals surface area contributed by atoms with E-state index in [0.717, 1.165) is 48.8 Å². The first-order chi connectivity index (χ1) is 12.0. The maximum Gasteiger partial charge on any atom is 0.321 e. The molecule has 4 bridgehead atoms. The average Bonchev–Trinajstić information content (AvgIpc) is 2.52. The Labute approximate surface area is 151 Å². The Bertz CT molecular complexity index is 659. The van der Waals surface area contributed by atoms with Gasteiger partial charge in [0.2, 0.25) is 5.91 Å². The maximum absolute atomic E-state index is 12.3. The highest BCUT2D eigenvalue weighted by molar-refractivity contribution is 7.99. The van der Waals surface area contributed by atoms with Crippen molar-refractivity contribution < 1.29 is 14.3 Å². The van der Waals surface area contributed by atoms with Gasteiger partial charge in [-0.2, -0.15) is 4.73 Å². The Balaban J connectivity index is 1.29. The fourth-order valence-corrected chi connectivity index (χ4v) is 6.08. The molecule has 6 nitrogen and oxygen atoms in total. The molecule has 4 aliphatic rings. The van der Waals surface area contributed by atoms with Crippen LogP contribution in [0.5, 0.6) is 0 Å². The predicted octanol–water partition coefficient (Wildman–Crippen LogP) is 2.21. The first kappa shape index (κ1) is 16.7. The van der Waals surface area contributed by atoms with Crippen LogP contribution in [0, 0.1) is 23.0 Å². The Hall–Kier alpha value is -1.76. The number of imide groups is 1. The lowest BCUT2D eigenvalue weighted by Crippen LogP contribution is -2.61. The largest absolute Gasteiger partial charge is 0.618 e. The van der Waals surface area contributed by atoms with E-state index in [1.807, 2.05) is 0 Å². The number of pyridine rings is 1. The maximum atomic E-state index is 12.3. The van der Waals surface area contributed by atoms with Gasteiger partial charge in [0.1, 0.15) is 0 Å². The van der Waals surface area contributed by atoms with E-state index in [-0.39, 0.29) is 17.2 Å². The molecule has 4 fully saturated rings. The smallest absolute Gasteiger partial charge is 0.321 e. The van der Waals surface area contributed by atoms with Gasteiger partial charge in [-0.3, -0.25) is 10.1 Å². The summed E-state index contributed by atoms with van der Waals surface area (Å²) < 4.78 is 0.716. The highest BCUT2D eigenvalue weighted by atomic mass is 32.2. The molecule has 1 heterocycles. The molecule has 0 spiro atoms. The quantitative estimate of drug-likeness (QED) is 0.489. The van der Waals surface area contributed by atoms with Crippen LogP contribution < -0.4 is 15.4 Å². The molecule has 4 aliphatic carbocycles. The standard InChI is InChI=1S/C18H23N3O3S/c22-15(11-25-16-3-1-2-4-21(16)24)19-17(23)20-18-8-12-5-13(9-18)7-14(6-12)10-18/h1-4,12-14H,5-11H2,(H2,19,20,22,23). The van der Waals surface area contributed by atoms with Crippen LogP contribution >= 0.6 is 11.8 Å². The second kappa shape index (κ2) is 6.52. The molecule has 4 saturated carbocycles. The summed E-state index contributed by atoms with van der Waals surface area (Å²) in [4.78, 5) is 24.3. The van der Waals surface area contributed by atoms with Crippen molar-refractivity contribution >= 4 is 23.7 Å². The van der Waals surface area contributed by atoms with Crippen LogP contribution in [0.1, 0.15) is 38.5 Å². The van der Waals surface area contributed by atoms with Crippen molar-refractivity contribution in [2.45, 2.75) is 49.1 Å². The van der Waals surface area contributed by atoms with Gasteiger partial charge in [0.25, 0.3) is 5.03 Å². The number of urea groups is 1. The minimum absolute atomic E-state index is 0.0422. The molecule has 134 valence electrons. The third-order valence-corrected chi connectivity index (χ3v) is 6.83. The van der Waals surface area contributed by atoms with Gasteiger partial charge in [-0.25, -0.2) is 4.79 Å². The van der Waals surface area contributed by atoms with E-state index in [1.54, 1.807) is 18.2 Å². The van der Waals surface area contributed by atoms with Gasteiger partial charge in [-0.1, -0.05) is 0 Å². The molecule has 0 radical (unpaired) electrons. The van der Waals surface area contributed by atoms with Crippen LogP contribution in [0.15, 0.2) is 29.4 Å². The summed E-state index contributed by atoms with van der Waals surface area (Å²) in [5, 5.41) is 17.5. The molecule has 0 saturated heterocycles. The fourth-order valence-electron chi connectivity index (χ4n) is 5.36. The van der Waals surface area contributed by atoms with Crippen LogP contribution in [0.25, 0.3) is 0 Å². The van der Waals surface area contributed by atoms with Gasteiger partial charge in [-0.15, -0.1) is 0 Å². The highest BCUT2D eigenvalue weighted by Crippen LogP contribution is 2.55. The normalized spacial score (nSPS) is 32.4. The molecule has 0 aliphatic heterocycles. The number of aromatic nitrogens is 1. The van der Waals surface area contributed by atoms with Crippen molar-refractivity contribution in [3.63, 3.8) is 0 Å². The summed E-state index contributed by atoms with van der Waals surface area (Å²) in [6.07, 6.45) is 8.47. The molecule has 3 amide bonds. The van der Waals surface area contributed by atoms with Gasteiger partial charge in [-0.05, 0) is 74.1 Å². The fraction of sp³-hybridized carbons (Fsp3) is 0.611. The number of thioether (sulfide) groups is 1. The van der Waals surface area contributed by atoms with E-state index in [4.69, 9.17) is 0 Å². The van der Waals surface area contributed by atoms with E-state index >= 15 is 0 Å². The van der Waals surface area contributed by atoms with Crippen LogP contribution in [0.4, 0.5) is 4.79 Å². The number of nitrogens with zero attached hydrogens (tertiary/aromatic N) is 1. The molecule has 0 atom stereocenters. The molecule has 1 aromatic rings. The number of amides is 3. The zero-order valence-electron chi connectivity index (χ0n) is 14.1. The lowest BCUT2D eigenvalue weighted by Gasteiger charge is -2.56. The molecular formula is C18H23N3O3S. The zero-order chi connectivity index (χ0) is 17.4. The van der Waals surface area contributed by atoms with E-state index in [2.05, 4.69) is 10.6 Å². The summed E-state index contributed by atoms with van der Waals surface area (Å²) in [5.41, 5.74) is -0.107. The van der Waals surface area contributed by atoms with Crippen LogP contribution in [-0.2, 0) is 4.79 Å². The Morgan fingerprint density at radius 3 is 2.40 bits per heavy atom. The number of nitrogens with one attached hydrogen (secondary N) is 2. The SMILES string of the molecule is O=C(CSc1cccc[n+]1[O-])NC(=O)NC12CC3CC(CC(C3)C1)C2. The molecule has 0 unspecified atom stereocenters. The van der Waals surface area contributed by atoms with E-state index in [9.17, 15) is 14.8 Å². The first-order valence-electron chi connectivity index (χ1n) is 8.94. The summed E-state index contributed by atoms with van der Waals surface area (Å²) in [6.45, 7) is 0. The van der Waals surface area contributed by atoms with Gasteiger partial charge in [0, 0.05) is 17.7 Å². The highest BCUT2D eigenvalue weighted by Gasteiger charge is 2.51. The second-order valence-electron chi connectivity index (χ2n) is 7.85. The van der Waals surface area contributed by atoms with Gasteiger partial charge in [0.05, 0.1) is 5.75 Å². The van der Waals surface area contributed by atoms with Crippen molar-refractivity contribution in [2.24, 2.45) is 17.8 Å². The van der Waals surface area contributed by atoms with Crippen LogP contribution in [0.3, 0.4) is 0 Å². The number of carbonyl (C=O) groups excluding carboxylic acids is 2. The number of hydrogen-bond donors (Lipinski definition) is 2. The van der Waals surface area contributed by atoms with Crippen molar-refractivity contribution in [1.29, 1.82) is 0 Å². The number of carbonyl (C=O) groups is 2. The number of hydrogen-bond acceptors (Lipinski definition) is 4. The Kier molecular flexibility index (Phi) is 4.35. The first-order valence-corrected chi connectivity index (χ1v) is 9.93. The summed E-state index contributed by atoms with van der Waals surface area (Å²) >= 11 is 1.13. The van der Waals surface area contributed by atoms with Crippen molar-refractivity contribution in [1.82, 2.24) is 10.6 Å². The number of rotatable bonds is 4. The van der Waals surface area contributed by atoms with Gasteiger partial charge < -0.3 is 10.5 Å². The summed E-state index contributed by atoms with van der Waals surface area (Å²) in [6, 6.07) is 4.64.